The van der Waals surface area contributed by atoms with Crippen LogP contribution in [0.2, 0.25) is 10.0 Å². The van der Waals surface area contributed by atoms with Crippen LogP contribution < -0.4 is 0 Å². The summed E-state index contributed by atoms with van der Waals surface area (Å²) in [6.07, 6.45) is 0. The molecule has 118 valence electrons. The van der Waals surface area contributed by atoms with Crippen LogP contribution in [0.15, 0.2) is 72.8 Å². The topological polar surface area (TPSA) is 28.7 Å². The van der Waals surface area contributed by atoms with E-state index < -0.39 is 0 Å². The first-order valence-corrected chi connectivity index (χ1v) is 8.42. The molecule has 0 aliphatic rings. The molecule has 0 bridgehead atoms. The van der Waals surface area contributed by atoms with E-state index in [-0.39, 0.29) is 5.92 Å². The van der Waals surface area contributed by atoms with Crippen LogP contribution in [0.3, 0.4) is 0 Å². The summed E-state index contributed by atoms with van der Waals surface area (Å²) in [5, 5.41) is 1.04. The van der Waals surface area contributed by atoms with Crippen LogP contribution in [-0.4, -0.2) is 9.97 Å². The normalized spacial score (nSPS) is 11.3. The summed E-state index contributed by atoms with van der Waals surface area (Å²) in [5.74, 6) is 0.901. The second kappa shape index (κ2) is 6.31. The quantitative estimate of drug-likeness (QED) is 0.477. The van der Waals surface area contributed by atoms with E-state index in [4.69, 9.17) is 28.2 Å². The van der Waals surface area contributed by atoms with E-state index in [1.807, 2.05) is 42.5 Å². The van der Waals surface area contributed by atoms with E-state index in [2.05, 4.69) is 29.2 Å². The lowest BCUT2D eigenvalue weighted by molar-refractivity contribution is 0.891. The maximum Gasteiger partial charge on any atom is 0.119 e. The molecule has 0 aliphatic heterocycles. The van der Waals surface area contributed by atoms with Crippen LogP contribution in [0, 0.1) is 0 Å². The Morgan fingerprint density at radius 1 is 0.750 bits per heavy atom. The number of aromatic amines is 1. The van der Waals surface area contributed by atoms with Gasteiger partial charge in [0, 0.05) is 0 Å². The molecule has 0 spiro atoms. The maximum absolute atomic E-state index is 6.13. The van der Waals surface area contributed by atoms with E-state index in [9.17, 15) is 0 Å². The number of nitrogens with zero attached hydrogens (tertiary/aromatic N) is 1. The van der Waals surface area contributed by atoms with Gasteiger partial charge in [-0.15, -0.1) is 0 Å². The Labute approximate surface area is 150 Å². The molecule has 4 rings (SSSR count). The molecule has 0 saturated carbocycles. The number of nitrogens with one attached hydrogen (secondary N) is 1. The molecular weight excluding hydrogens is 339 g/mol. The van der Waals surface area contributed by atoms with Gasteiger partial charge < -0.3 is 4.98 Å². The van der Waals surface area contributed by atoms with Gasteiger partial charge in [0.15, 0.2) is 0 Å². The SMILES string of the molecule is Clc1cc2nc(C(c3ccccc3)c3ccccc3)[nH]c2cc1Cl. The predicted molar refractivity (Wildman–Crippen MR) is 99.9 cm³/mol. The summed E-state index contributed by atoms with van der Waals surface area (Å²) in [7, 11) is 0. The number of benzene rings is 3. The monoisotopic (exact) mass is 352 g/mol. The summed E-state index contributed by atoms with van der Waals surface area (Å²) < 4.78 is 0. The Hall–Kier alpha value is -2.29. The number of hydrogen-bond donors (Lipinski definition) is 1. The summed E-state index contributed by atoms with van der Waals surface area (Å²) in [6.45, 7) is 0. The lowest BCUT2D eigenvalue weighted by atomic mass is 9.91. The van der Waals surface area contributed by atoms with Crippen LogP contribution in [0.4, 0.5) is 0 Å². The minimum absolute atomic E-state index is 0.0253. The molecular formula is C20H14Cl2N2. The zero-order valence-electron chi connectivity index (χ0n) is 12.7. The maximum atomic E-state index is 6.13. The first-order valence-electron chi connectivity index (χ1n) is 7.67. The fourth-order valence-electron chi connectivity index (χ4n) is 2.96. The molecule has 0 saturated heterocycles. The number of fused-ring (bicyclic) bond motifs is 1. The van der Waals surface area contributed by atoms with Crippen molar-refractivity contribution in [2.75, 3.05) is 0 Å². The lowest BCUT2D eigenvalue weighted by Gasteiger charge is -2.15. The van der Waals surface area contributed by atoms with Crippen LogP contribution in [0.25, 0.3) is 11.0 Å². The third-order valence-electron chi connectivity index (χ3n) is 4.08. The van der Waals surface area contributed by atoms with Crippen molar-refractivity contribution in [3.63, 3.8) is 0 Å². The molecule has 1 aromatic heterocycles. The van der Waals surface area contributed by atoms with E-state index in [0.29, 0.717) is 10.0 Å². The summed E-state index contributed by atoms with van der Waals surface area (Å²) in [6, 6.07) is 24.3. The van der Waals surface area contributed by atoms with Crippen molar-refractivity contribution in [1.82, 2.24) is 9.97 Å². The van der Waals surface area contributed by atoms with Gasteiger partial charge in [-0.25, -0.2) is 4.98 Å². The second-order valence-electron chi connectivity index (χ2n) is 5.66. The molecule has 1 N–H and O–H groups in total. The zero-order valence-corrected chi connectivity index (χ0v) is 14.2. The third-order valence-corrected chi connectivity index (χ3v) is 4.80. The fraction of sp³-hybridized carbons (Fsp3) is 0.0500. The summed E-state index contributed by atoms with van der Waals surface area (Å²) in [5.41, 5.74) is 4.06. The molecule has 3 aromatic carbocycles. The molecule has 0 amide bonds. The van der Waals surface area contributed by atoms with Crippen LogP contribution in [0.1, 0.15) is 22.9 Å². The number of imidazole rings is 1. The van der Waals surface area contributed by atoms with Gasteiger partial charge in [-0.1, -0.05) is 83.9 Å². The van der Waals surface area contributed by atoms with Crippen molar-refractivity contribution in [2.24, 2.45) is 0 Å². The molecule has 0 atom stereocenters. The molecule has 1 heterocycles. The summed E-state index contributed by atoms with van der Waals surface area (Å²) in [4.78, 5) is 8.18. The highest BCUT2D eigenvalue weighted by Gasteiger charge is 2.20. The average Bonchev–Trinajstić information content (AvgIpc) is 2.99. The Balaban J connectivity index is 1.91. The highest BCUT2D eigenvalue weighted by atomic mass is 35.5. The van der Waals surface area contributed by atoms with Gasteiger partial charge in [0.1, 0.15) is 5.82 Å². The van der Waals surface area contributed by atoms with E-state index in [0.717, 1.165) is 16.9 Å². The number of H-pyrrole nitrogens is 1. The molecule has 4 aromatic rings. The molecule has 2 nitrogen and oxygen atoms in total. The average molecular weight is 353 g/mol. The second-order valence-corrected chi connectivity index (χ2v) is 6.47. The predicted octanol–water partition coefficient (Wildman–Crippen LogP) is 6.05. The Morgan fingerprint density at radius 2 is 1.29 bits per heavy atom. The summed E-state index contributed by atoms with van der Waals surface area (Å²) >= 11 is 12.3. The molecule has 0 radical (unpaired) electrons. The molecule has 0 fully saturated rings. The first-order chi connectivity index (χ1) is 11.7. The standard InChI is InChI=1S/C20H14Cl2N2/c21-15-11-17-18(12-16(15)22)24-20(23-17)19(13-7-3-1-4-8-13)14-9-5-2-6-10-14/h1-12,19H,(H,23,24). The van der Waals surface area contributed by atoms with E-state index in [1.54, 1.807) is 6.07 Å². The minimum Gasteiger partial charge on any atom is -0.341 e. The van der Waals surface area contributed by atoms with Crippen molar-refractivity contribution < 1.29 is 0 Å². The number of hydrogen-bond acceptors (Lipinski definition) is 1. The number of rotatable bonds is 3. The highest BCUT2D eigenvalue weighted by Crippen LogP contribution is 2.33. The largest absolute Gasteiger partial charge is 0.341 e. The van der Waals surface area contributed by atoms with Crippen molar-refractivity contribution in [3.05, 3.63) is 99.8 Å². The highest BCUT2D eigenvalue weighted by molar-refractivity contribution is 6.42. The van der Waals surface area contributed by atoms with Crippen molar-refractivity contribution >= 4 is 34.2 Å². The zero-order chi connectivity index (χ0) is 16.5. The first kappa shape index (κ1) is 15.3. The van der Waals surface area contributed by atoms with Crippen molar-refractivity contribution in [2.45, 2.75) is 5.92 Å². The smallest absolute Gasteiger partial charge is 0.119 e. The van der Waals surface area contributed by atoms with Crippen molar-refractivity contribution in [3.8, 4) is 0 Å². The molecule has 0 aliphatic carbocycles. The Kier molecular flexibility index (Phi) is 4.01. The van der Waals surface area contributed by atoms with Gasteiger partial charge in [-0.3, -0.25) is 0 Å². The van der Waals surface area contributed by atoms with Gasteiger partial charge in [0.25, 0.3) is 0 Å². The van der Waals surface area contributed by atoms with E-state index in [1.165, 1.54) is 11.1 Å². The van der Waals surface area contributed by atoms with Crippen LogP contribution in [-0.2, 0) is 0 Å². The van der Waals surface area contributed by atoms with Crippen molar-refractivity contribution in [1.29, 1.82) is 0 Å². The van der Waals surface area contributed by atoms with Crippen LogP contribution >= 0.6 is 23.2 Å². The number of halogens is 2. The third kappa shape index (κ3) is 2.79. The van der Waals surface area contributed by atoms with Gasteiger partial charge in [0.05, 0.1) is 27.0 Å². The molecule has 0 unspecified atom stereocenters. The van der Waals surface area contributed by atoms with Gasteiger partial charge in [0.2, 0.25) is 0 Å². The van der Waals surface area contributed by atoms with Gasteiger partial charge in [-0.2, -0.15) is 0 Å². The number of aromatic nitrogens is 2. The van der Waals surface area contributed by atoms with Gasteiger partial charge in [-0.05, 0) is 23.3 Å². The van der Waals surface area contributed by atoms with Gasteiger partial charge >= 0.3 is 0 Å². The fourth-order valence-corrected chi connectivity index (χ4v) is 3.28. The van der Waals surface area contributed by atoms with Crippen LogP contribution in [0.5, 0.6) is 0 Å². The Bertz CT molecular complexity index is 900. The van der Waals surface area contributed by atoms with E-state index >= 15 is 0 Å². The Morgan fingerprint density at radius 3 is 1.88 bits per heavy atom. The molecule has 4 heteroatoms. The lowest BCUT2D eigenvalue weighted by Crippen LogP contribution is -2.05. The molecule has 24 heavy (non-hydrogen) atoms. The minimum atomic E-state index is 0.0253.